The van der Waals surface area contributed by atoms with Crippen LogP contribution in [0.15, 0.2) is 24.3 Å². The van der Waals surface area contributed by atoms with Gasteiger partial charge in [-0.15, -0.1) is 0 Å². The van der Waals surface area contributed by atoms with Crippen LogP contribution >= 0.6 is 0 Å². The van der Waals surface area contributed by atoms with Crippen LogP contribution in [0.4, 0.5) is 5.69 Å². The van der Waals surface area contributed by atoms with Crippen molar-refractivity contribution >= 4 is 12.0 Å². The first-order chi connectivity index (χ1) is 6.86. The van der Waals surface area contributed by atoms with E-state index in [-0.39, 0.29) is 5.92 Å². The molecule has 0 amide bonds. The molecule has 0 aliphatic carbocycles. The number of rotatable bonds is 3. The van der Waals surface area contributed by atoms with Gasteiger partial charge in [-0.25, -0.2) is 0 Å². The number of hydrogen-bond acceptors (Lipinski definition) is 2. The van der Waals surface area contributed by atoms with Crippen LogP contribution in [0.3, 0.4) is 0 Å². The Labute approximate surface area is 84.5 Å². The Balaban J connectivity index is 2.33. The Morgan fingerprint density at radius 1 is 1.50 bits per heavy atom. The summed E-state index contributed by atoms with van der Waals surface area (Å²) in [5.41, 5.74) is 2.43. The summed E-state index contributed by atoms with van der Waals surface area (Å²) in [5, 5.41) is 0. The molecule has 0 bridgehead atoms. The van der Waals surface area contributed by atoms with E-state index in [9.17, 15) is 4.79 Å². The molecule has 2 nitrogen and oxygen atoms in total. The molecule has 0 fully saturated rings. The number of aldehydes is 1. The lowest BCUT2D eigenvalue weighted by molar-refractivity contribution is -0.108. The smallest absolute Gasteiger partial charge is 0.129 e. The third kappa shape index (κ3) is 1.41. The van der Waals surface area contributed by atoms with Gasteiger partial charge >= 0.3 is 0 Å². The number of fused-ring (bicyclic) bond motifs is 1. The number of anilines is 1. The molecular formula is C12H15NO. The molecule has 1 atom stereocenters. The molecule has 1 aromatic carbocycles. The molecule has 0 spiro atoms. The van der Waals surface area contributed by atoms with Crippen LogP contribution in [-0.2, 0) is 4.79 Å². The molecule has 0 saturated carbocycles. The van der Waals surface area contributed by atoms with Crippen LogP contribution in [-0.4, -0.2) is 19.4 Å². The van der Waals surface area contributed by atoms with E-state index in [1.54, 1.807) is 0 Å². The summed E-state index contributed by atoms with van der Waals surface area (Å²) in [7, 11) is 0. The normalized spacial score (nSPS) is 19.5. The summed E-state index contributed by atoms with van der Waals surface area (Å²) >= 11 is 0. The first kappa shape index (κ1) is 9.25. The second kappa shape index (κ2) is 3.82. The van der Waals surface area contributed by atoms with Crippen LogP contribution < -0.4 is 4.90 Å². The van der Waals surface area contributed by atoms with Gasteiger partial charge in [0, 0.05) is 18.8 Å². The molecule has 1 aromatic rings. The van der Waals surface area contributed by atoms with E-state index >= 15 is 0 Å². The largest absolute Gasteiger partial charge is 0.370 e. The number of carbonyl (C=O) groups is 1. The molecule has 14 heavy (non-hydrogen) atoms. The van der Waals surface area contributed by atoms with Crippen molar-refractivity contribution in [3.05, 3.63) is 29.8 Å². The van der Waals surface area contributed by atoms with Gasteiger partial charge in [-0.1, -0.05) is 25.1 Å². The number of hydrogen-bond donors (Lipinski definition) is 0. The zero-order valence-corrected chi connectivity index (χ0v) is 8.44. The van der Waals surface area contributed by atoms with Crippen molar-refractivity contribution in [3.8, 4) is 0 Å². The zero-order valence-electron chi connectivity index (χ0n) is 8.44. The highest BCUT2D eigenvalue weighted by molar-refractivity contribution is 5.74. The molecule has 0 unspecified atom stereocenters. The van der Waals surface area contributed by atoms with Crippen molar-refractivity contribution in [2.45, 2.75) is 19.3 Å². The van der Waals surface area contributed by atoms with Gasteiger partial charge in [0.05, 0.1) is 5.92 Å². The van der Waals surface area contributed by atoms with Crippen molar-refractivity contribution in [1.82, 2.24) is 0 Å². The number of para-hydroxylation sites is 1. The Morgan fingerprint density at radius 3 is 3.00 bits per heavy atom. The molecule has 0 radical (unpaired) electrons. The predicted octanol–water partition coefficient (Wildman–Crippen LogP) is 2.20. The minimum Gasteiger partial charge on any atom is -0.370 e. The van der Waals surface area contributed by atoms with Gasteiger partial charge in [-0.3, -0.25) is 0 Å². The number of carbonyl (C=O) groups excluding carboxylic acids is 1. The second-order valence-electron chi connectivity index (χ2n) is 3.75. The molecule has 0 saturated heterocycles. The van der Waals surface area contributed by atoms with Crippen LogP contribution in [0.2, 0.25) is 0 Å². The second-order valence-corrected chi connectivity index (χ2v) is 3.75. The average Bonchev–Trinajstić information content (AvgIpc) is 2.58. The molecule has 0 N–H and O–H groups in total. The summed E-state index contributed by atoms with van der Waals surface area (Å²) in [6, 6.07) is 8.21. The Hall–Kier alpha value is -1.31. The summed E-state index contributed by atoms with van der Waals surface area (Å²) in [4.78, 5) is 13.2. The highest BCUT2D eigenvalue weighted by atomic mass is 16.1. The highest BCUT2D eigenvalue weighted by Gasteiger charge is 2.26. The predicted molar refractivity (Wildman–Crippen MR) is 57.8 cm³/mol. The minimum atomic E-state index is 0.0812. The van der Waals surface area contributed by atoms with E-state index in [0.717, 1.165) is 25.8 Å². The Bertz CT molecular complexity index is 335. The van der Waals surface area contributed by atoms with Crippen molar-refractivity contribution in [2.24, 2.45) is 0 Å². The van der Waals surface area contributed by atoms with Crippen LogP contribution in [0, 0.1) is 0 Å². The maximum absolute atomic E-state index is 10.9. The molecule has 0 aromatic heterocycles. The van der Waals surface area contributed by atoms with Crippen LogP contribution in [0.25, 0.3) is 0 Å². The lowest BCUT2D eigenvalue weighted by atomic mass is 10.0. The molecular weight excluding hydrogens is 174 g/mol. The van der Waals surface area contributed by atoms with E-state index in [1.807, 2.05) is 12.1 Å². The third-order valence-electron chi connectivity index (χ3n) is 2.75. The van der Waals surface area contributed by atoms with E-state index < -0.39 is 0 Å². The van der Waals surface area contributed by atoms with E-state index in [4.69, 9.17) is 0 Å². The third-order valence-corrected chi connectivity index (χ3v) is 2.75. The average molecular weight is 189 g/mol. The topological polar surface area (TPSA) is 20.3 Å². The zero-order chi connectivity index (χ0) is 9.97. The van der Waals surface area contributed by atoms with Gasteiger partial charge in [-0.05, 0) is 18.1 Å². The lowest BCUT2D eigenvalue weighted by Crippen LogP contribution is -2.22. The number of nitrogens with zero attached hydrogens (tertiary/aromatic N) is 1. The maximum atomic E-state index is 10.9. The van der Waals surface area contributed by atoms with Gasteiger partial charge in [0.25, 0.3) is 0 Å². The van der Waals surface area contributed by atoms with Gasteiger partial charge < -0.3 is 9.69 Å². The van der Waals surface area contributed by atoms with Gasteiger partial charge in [0.1, 0.15) is 6.29 Å². The standard InChI is InChI=1S/C12H15NO/c1-2-7-13-8-10(9-14)11-5-3-4-6-12(11)13/h3-6,9-10H,2,7-8H2,1H3/t10-/m1/s1. The Kier molecular flexibility index (Phi) is 2.53. The molecule has 1 aliphatic heterocycles. The molecule has 2 rings (SSSR count). The van der Waals surface area contributed by atoms with Crippen LogP contribution in [0.5, 0.6) is 0 Å². The maximum Gasteiger partial charge on any atom is 0.129 e. The fraction of sp³-hybridized carbons (Fsp3) is 0.417. The Morgan fingerprint density at radius 2 is 2.29 bits per heavy atom. The SMILES string of the molecule is CCCN1C[C@H](C=O)c2ccccc21. The van der Waals surface area contributed by atoms with Gasteiger partial charge in [-0.2, -0.15) is 0 Å². The molecule has 1 heterocycles. The lowest BCUT2D eigenvalue weighted by Gasteiger charge is -2.17. The minimum absolute atomic E-state index is 0.0812. The molecule has 2 heteroatoms. The summed E-state index contributed by atoms with van der Waals surface area (Å²) in [6.45, 7) is 4.06. The van der Waals surface area contributed by atoms with Crippen molar-refractivity contribution < 1.29 is 4.79 Å². The van der Waals surface area contributed by atoms with E-state index in [0.29, 0.717) is 0 Å². The summed E-state index contributed by atoms with van der Waals surface area (Å²) in [6.07, 6.45) is 2.19. The summed E-state index contributed by atoms with van der Waals surface area (Å²) < 4.78 is 0. The van der Waals surface area contributed by atoms with Crippen molar-refractivity contribution in [2.75, 3.05) is 18.0 Å². The van der Waals surface area contributed by atoms with E-state index in [1.165, 1.54) is 11.3 Å². The van der Waals surface area contributed by atoms with Crippen molar-refractivity contribution in [1.29, 1.82) is 0 Å². The fourth-order valence-electron chi connectivity index (χ4n) is 2.12. The quantitative estimate of drug-likeness (QED) is 0.679. The monoisotopic (exact) mass is 189 g/mol. The van der Waals surface area contributed by atoms with Crippen molar-refractivity contribution in [3.63, 3.8) is 0 Å². The first-order valence-corrected chi connectivity index (χ1v) is 5.16. The summed E-state index contributed by atoms with van der Waals surface area (Å²) in [5.74, 6) is 0.0812. The van der Waals surface area contributed by atoms with Gasteiger partial charge in [0.15, 0.2) is 0 Å². The van der Waals surface area contributed by atoms with Gasteiger partial charge in [0.2, 0.25) is 0 Å². The molecule has 1 aliphatic rings. The highest BCUT2D eigenvalue weighted by Crippen LogP contribution is 2.34. The number of benzene rings is 1. The van der Waals surface area contributed by atoms with Crippen LogP contribution in [0.1, 0.15) is 24.8 Å². The van der Waals surface area contributed by atoms with E-state index in [2.05, 4.69) is 24.0 Å². The fourth-order valence-corrected chi connectivity index (χ4v) is 2.12. The first-order valence-electron chi connectivity index (χ1n) is 5.16. The molecule has 74 valence electrons.